The fourth-order valence-electron chi connectivity index (χ4n) is 2.81. The van der Waals surface area contributed by atoms with Gasteiger partial charge in [-0.1, -0.05) is 42.5 Å². The number of aryl methyl sites for hydroxylation is 1. The Balaban J connectivity index is 1.57. The van der Waals surface area contributed by atoms with Crippen LogP contribution >= 0.6 is 0 Å². The standard InChI is InChI=1S/C21H24N4O3/c1-4-15-5-8-17(9-6-15)18-13-25(24-23-18)14-21(26)22-12-16-7-10-19(27-2)20(11-16)28-3/h5-11,13H,4,12,14H2,1-3H3,(H,22,26). The van der Waals surface area contributed by atoms with Crippen molar-refractivity contribution in [2.24, 2.45) is 0 Å². The van der Waals surface area contributed by atoms with Crippen LogP contribution in [0.3, 0.4) is 0 Å². The summed E-state index contributed by atoms with van der Waals surface area (Å²) in [5.41, 5.74) is 3.91. The molecule has 0 aliphatic rings. The van der Waals surface area contributed by atoms with Crippen molar-refractivity contribution in [2.75, 3.05) is 14.2 Å². The van der Waals surface area contributed by atoms with Gasteiger partial charge in [0.2, 0.25) is 5.91 Å². The van der Waals surface area contributed by atoms with Gasteiger partial charge < -0.3 is 14.8 Å². The molecule has 1 amide bonds. The van der Waals surface area contributed by atoms with Gasteiger partial charge in [-0.3, -0.25) is 4.79 Å². The predicted molar refractivity (Wildman–Crippen MR) is 106 cm³/mol. The van der Waals surface area contributed by atoms with Crippen molar-refractivity contribution in [1.82, 2.24) is 20.3 Å². The van der Waals surface area contributed by atoms with Gasteiger partial charge in [0.1, 0.15) is 12.2 Å². The largest absolute Gasteiger partial charge is 0.493 e. The van der Waals surface area contributed by atoms with Gasteiger partial charge in [-0.05, 0) is 29.7 Å². The highest BCUT2D eigenvalue weighted by atomic mass is 16.5. The maximum absolute atomic E-state index is 12.2. The lowest BCUT2D eigenvalue weighted by atomic mass is 10.1. The van der Waals surface area contributed by atoms with E-state index in [2.05, 4.69) is 34.7 Å². The molecule has 0 saturated carbocycles. The lowest BCUT2D eigenvalue weighted by Crippen LogP contribution is -2.27. The second-order valence-electron chi connectivity index (χ2n) is 6.32. The monoisotopic (exact) mass is 380 g/mol. The molecule has 3 rings (SSSR count). The van der Waals surface area contributed by atoms with Crippen molar-refractivity contribution in [2.45, 2.75) is 26.4 Å². The Bertz CT molecular complexity index is 935. The van der Waals surface area contributed by atoms with Crippen LogP contribution < -0.4 is 14.8 Å². The lowest BCUT2D eigenvalue weighted by molar-refractivity contribution is -0.122. The van der Waals surface area contributed by atoms with Crippen LogP contribution in [0.2, 0.25) is 0 Å². The van der Waals surface area contributed by atoms with Crippen molar-refractivity contribution in [1.29, 1.82) is 0 Å². The maximum Gasteiger partial charge on any atom is 0.242 e. The summed E-state index contributed by atoms with van der Waals surface area (Å²) in [5, 5.41) is 11.1. The fraction of sp³-hybridized carbons (Fsp3) is 0.286. The molecule has 0 bridgehead atoms. The van der Waals surface area contributed by atoms with Crippen molar-refractivity contribution in [3.8, 4) is 22.8 Å². The van der Waals surface area contributed by atoms with E-state index in [-0.39, 0.29) is 12.5 Å². The summed E-state index contributed by atoms with van der Waals surface area (Å²) in [6, 6.07) is 13.7. The normalized spacial score (nSPS) is 10.5. The van der Waals surface area contributed by atoms with Crippen molar-refractivity contribution >= 4 is 5.91 Å². The van der Waals surface area contributed by atoms with Gasteiger partial charge in [0.25, 0.3) is 0 Å². The number of carbonyl (C=O) groups is 1. The Morgan fingerprint density at radius 3 is 2.43 bits per heavy atom. The summed E-state index contributed by atoms with van der Waals surface area (Å²) in [4.78, 5) is 12.2. The van der Waals surface area contributed by atoms with E-state index in [4.69, 9.17) is 9.47 Å². The number of nitrogens with zero attached hydrogens (tertiary/aromatic N) is 3. The van der Waals surface area contributed by atoms with Crippen LogP contribution in [0.15, 0.2) is 48.7 Å². The quantitative estimate of drug-likeness (QED) is 0.650. The third kappa shape index (κ3) is 4.68. The zero-order chi connectivity index (χ0) is 19.9. The highest BCUT2D eigenvalue weighted by molar-refractivity contribution is 5.75. The molecule has 0 spiro atoms. The van der Waals surface area contributed by atoms with E-state index in [1.54, 1.807) is 20.4 Å². The summed E-state index contributed by atoms with van der Waals surface area (Å²) in [6.45, 7) is 2.61. The van der Waals surface area contributed by atoms with Gasteiger partial charge in [0, 0.05) is 12.1 Å². The van der Waals surface area contributed by atoms with E-state index >= 15 is 0 Å². The van der Waals surface area contributed by atoms with E-state index in [0.717, 1.165) is 23.2 Å². The van der Waals surface area contributed by atoms with E-state index < -0.39 is 0 Å². The number of carbonyl (C=O) groups excluding carboxylic acids is 1. The molecule has 1 heterocycles. The molecule has 28 heavy (non-hydrogen) atoms. The van der Waals surface area contributed by atoms with Gasteiger partial charge in [-0.2, -0.15) is 0 Å². The number of nitrogens with one attached hydrogen (secondary N) is 1. The maximum atomic E-state index is 12.2. The van der Waals surface area contributed by atoms with Crippen LogP contribution in [0.4, 0.5) is 0 Å². The first-order valence-electron chi connectivity index (χ1n) is 9.10. The van der Waals surface area contributed by atoms with E-state index in [9.17, 15) is 4.79 Å². The lowest BCUT2D eigenvalue weighted by Gasteiger charge is -2.10. The number of hydrogen-bond donors (Lipinski definition) is 1. The SMILES string of the molecule is CCc1ccc(-c2cn(CC(=O)NCc3ccc(OC)c(OC)c3)nn2)cc1. The van der Waals surface area contributed by atoms with Gasteiger partial charge in [0.15, 0.2) is 11.5 Å². The second-order valence-corrected chi connectivity index (χ2v) is 6.32. The van der Waals surface area contributed by atoms with Crippen molar-refractivity contribution in [3.05, 3.63) is 59.8 Å². The van der Waals surface area contributed by atoms with Crippen LogP contribution in [0, 0.1) is 0 Å². The van der Waals surface area contributed by atoms with Crippen LogP contribution in [0.1, 0.15) is 18.1 Å². The van der Waals surface area contributed by atoms with Crippen LogP contribution in [-0.2, 0) is 24.3 Å². The molecule has 0 aliphatic heterocycles. The van der Waals surface area contributed by atoms with Gasteiger partial charge >= 0.3 is 0 Å². The minimum absolute atomic E-state index is 0.104. The average Bonchev–Trinajstić information content (AvgIpc) is 3.20. The van der Waals surface area contributed by atoms with Gasteiger partial charge in [0.05, 0.1) is 20.4 Å². The molecule has 0 fully saturated rings. The molecule has 7 heteroatoms. The Labute approximate surface area is 164 Å². The highest BCUT2D eigenvalue weighted by Gasteiger charge is 2.09. The van der Waals surface area contributed by atoms with Crippen molar-refractivity contribution in [3.63, 3.8) is 0 Å². The average molecular weight is 380 g/mol. The first-order chi connectivity index (χ1) is 13.6. The second kappa shape index (κ2) is 9.03. The predicted octanol–water partition coefficient (Wildman–Crippen LogP) is 2.84. The zero-order valence-electron chi connectivity index (χ0n) is 16.3. The third-order valence-corrected chi connectivity index (χ3v) is 4.44. The number of amides is 1. The molecular weight excluding hydrogens is 356 g/mol. The number of methoxy groups -OCH3 is 2. The van der Waals surface area contributed by atoms with E-state index in [1.807, 2.05) is 30.3 Å². The third-order valence-electron chi connectivity index (χ3n) is 4.44. The summed E-state index contributed by atoms with van der Waals surface area (Å²) < 4.78 is 12.0. The van der Waals surface area contributed by atoms with Gasteiger partial charge in [-0.25, -0.2) is 4.68 Å². The van der Waals surface area contributed by atoms with Crippen LogP contribution in [-0.4, -0.2) is 35.1 Å². The molecule has 0 unspecified atom stereocenters. The number of benzene rings is 2. The number of aromatic nitrogens is 3. The summed E-state index contributed by atoms with van der Waals surface area (Å²) in [7, 11) is 3.17. The topological polar surface area (TPSA) is 78.3 Å². The Hall–Kier alpha value is -3.35. The first kappa shape index (κ1) is 19.4. The molecule has 7 nitrogen and oxygen atoms in total. The zero-order valence-corrected chi connectivity index (χ0v) is 16.3. The fourth-order valence-corrected chi connectivity index (χ4v) is 2.81. The molecule has 1 N–H and O–H groups in total. The molecule has 0 radical (unpaired) electrons. The van der Waals surface area contributed by atoms with E-state index in [0.29, 0.717) is 18.0 Å². The molecule has 0 saturated heterocycles. The Morgan fingerprint density at radius 2 is 1.75 bits per heavy atom. The number of rotatable bonds is 8. The van der Waals surface area contributed by atoms with Crippen LogP contribution in [0.25, 0.3) is 11.3 Å². The summed E-state index contributed by atoms with van der Waals surface area (Å²) in [5.74, 6) is 1.14. The molecule has 0 aliphatic carbocycles. The molecule has 146 valence electrons. The molecule has 1 aromatic heterocycles. The smallest absolute Gasteiger partial charge is 0.242 e. The molecule has 3 aromatic rings. The number of ether oxygens (including phenoxy) is 2. The molecule has 0 atom stereocenters. The van der Waals surface area contributed by atoms with Gasteiger partial charge in [-0.15, -0.1) is 5.10 Å². The number of hydrogen-bond acceptors (Lipinski definition) is 5. The minimum atomic E-state index is -0.146. The molecule has 2 aromatic carbocycles. The van der Waals surface area contributed by atoms with E-state index in [1.165, 1.54) is 10.2 Å². The van der Waals surface area contributed by atoms with Crippen LogP contribution in [0.5, 0.6) is 11.5 Å². The Kier molecular flexibility index (Phi) is 6.26. The summed E-state index contributed by atoms with van der Waals surface area (Å²) in [6.07, 6.45) is 2.77. The van der Waals surface area contributed by atoms with Crippen molar-refractivity contribution < 1.29 is 14.3 Å². The Morgan fingerprint density at radius 1 is 1.04 bits per heavy atom. The summed E-state index contributed by atoms with van der Waals surface area (Å²) >= 11 is 0. The molecular formula is C21H24N4O3. The minimum Gasteiger partial charge on any atom is -0.493 e. The highest BCUT2D eigenvalue weighted by Crippen LogP contribution is 2.27. The first-order valence-corrected chi connectivity index (χ1v) is 9.10.